The summed E-state index contributed by atoms with van der Waals surface area (Å²) in [6.45, 7) is 4.56. The van der Waals surface area contributed by atoms with Crippen LogP contribution in [0.1, 0.15) is 102 Å². The topological polar surface area (TPSA) is 0 Å². The number of unbranched alkanes of at least 4 members (excludes halogenated alkanes) is 8. The van der Waals surface area contributed by atoms with E-state index in [9.17, 15) is 0 Å². The van der Waals surface area contributed by atoms with Crippen molar-refractivity contribution in [2.24, 2.45) is 11.8 Å². The van der Waals surface area contributed by atoms with Gasteiger partial charge >= 0.3 is 0 Å². The van der Waals surface area contributed by atoms with Gasteiger partial charge in [0.15, 0.2) is 0 Å². The Morgan fingerprint density at radius 2 is 0.875 bits per heavy atom. The van der Waals surface area contributed by atoms with Crippen molar-refractivity contribution in [1.82, 2.24) is 0 Å². The van der Waals surface area contributed by atoms with Crippen molar-refractivity contribution >= 4 is 0 Å². The van der Waals surface area contributed by atoms with Gasteiger partial charge in [0.2, 0.25) is 0 Å². The van der Waals surface area contributed by atoms with Crippen LogP contribution in [0.4, 0.5) is 0 Å². The fourth-order valence-corrected chi connectivity index (χ4v) is 4.08. The van der Waals surface area contributed by atoms with Crippen molar-refractivity contribution in [1.29, 1.82) is 0 Å². The summed E-state index contributed by atoms with van der Waals surface area (Å²) in [5, 5.41) is 0. The molecule has 170 valence electrons. The number of benzene rings is 2. The van der Waals surface area contributed by atoms with Crippen molar-refractivity contribution < 1.29 is 0 Å². The highest BCUT2D eigenvalue weighted by Crippen LogP contribution is 2.25. The van der Waals surface area contributed by atoms with E-state index in [1.165, 1.54) is 64.2 Å². The highest BCUT2D eigenvalue weighted by Gasteiger charge is 2.17. The van der Waals surface area contributed by atoms with Crippen molar-refractivity contribution in [2.45, 2.75) is 90.9 Å². The summed E-state index contributed by atoms with van der Waals surface area (Å²) >= 11 is 0. The summed E-state index contributed by atoms with van der Waals surface area (Å²) in [5.41, 5.74) is 2.22. The van der Waals surface area contributed by atoms with Crippen LogP contribution in [0.15, 0.2) is 60.7 Å². The van der Waals surface area contributed by atoms with Gasteiger partial charge in [-0.1, -0.05) is 138 Å². The van der Waals surface area contributed by atoms with Crippen molar-refractivity contribution in [3.05, 3.63) is 71.8 Å². The van der Waals surface area contributed by atoms with Gasteiger partial charge in [-0.25, -0.2) is 0 Å². The molecule has 0 bridgehead atoms. The second kappa shape index (κ2) is 17.2. The molecule has 0 aliphatic rings. The molecule has 0 spiro atoms. The van der Waals surface area contributed by atoms with E-state index in [-0.39, 0.29) is 0 Å². The van der Waals surface area contributed by atoms with Gasteiger partial charge in [-0.3, -0.25) is 0 Å². The zero-order valence-electron chi connectivity index (χ0n) is 20.4. The third-order valence-electron chi connectivity index (χ3n) is 6.07. The molecule has 0 heterocycles. The number of rotatable bonds is 13. The van der Waals surface area contributed by atoms with Crippen LogP contribution in [0.5, 0.6) is 0 Å². The smallest absolute Gasteiger partial charge is 0.0344 e. The van der Waals surface area contributed by atoms with E-state index in [2.05, 4.69) is 98.2 Å². The molecule has 0 heteroatoms. The molecule has 0 nitrogen and oxygen atoms in total. The largest absolute Gasteiger partial charge is 0.0932 e. The van der Waals surface area contributed by atoms with Gasteiger partial charge in [0.05, 0.1) is 0 Å². The molecular weight excluding hydrogens is 384 g/mol. The normalized spacial score (nSPS) is 12.2. The first-order valence-corrected chi connectivity index (χ1v) is 13.0. The van der Waals surface area contributed by atoms with Gasteiger partial charge < -0.3 is 0 Å². The monoisotopic (exact) mass is 426 g/mol. The second-order valence-corrected chi connectivity index (χ2v) is 8.89. The zero-order valence-corrected chi connectivity index (χ0v) is 20.4. The summed E-state index contributed by atoms with van der Waals surface area (Å²) in [5.74, 6) is 15.0. The molecule has 0 N–H and O–H groups in total. The molecular formula is C32H42. The Kier molecular flexibility index (Phi) is 13.8. The average Bonchev–Trinajstić information content (AvgIpc) is 2.84. The van der Waals surface area contributed by atoms with Crippen LogP contribution in [0.3, 0.4) is 0 Å². The predicted molar refractivity (Wildman–Crippen MR) is 140 cm³/mol. The molecule has 32 heavy (non-hydrogen) atoms. The van der Waals surface area contributed by atoms with Crippen LogP contribution in [0, 0.1) is 35.5 Å². The fraction of sp³-hybridized carbons (Fsp3) is 0.500. The minimum Gasteiger partial charge on any atom is -0.0932 e. The molecule has 2 rings (SSSR count). The maximum absolute atomic E-state index is 3.66. The lowest BCUT2D eigenvalue weighted by Crippen LogP contribution is -2.12. The van der Waals surface area contributed by atoms with Crippen LogP contribution in [-0.4, -0.2) is 0 Å². The second-order valence-electron chi connectivity index (χ2n) is 8.89. The summed E-state index contributed by atoms with van der Waals surface area (Å²) in [6, 6.07) is 20.9. The molecule has 0 aromatic heterocycles. The van der Waals surface area contributed by atoms with Crippen LogP contribution in [-0.2, 0) is 0 Å². The molecule has 0 aliphatic carbocycles. The quantitative estimate of drug-likeness (QED) is 0.221. The molecule has 0 saturated carbocycles. The van der Waals surface area contributed by atoms with Gasteiger partial charge in [0.1, 0.15) is 0 Å². The van der Waals surface area contributed by atoms with Gasteiger partial charge in [0, 0.05) is 23.0 Å². The minimum absolute atomic E-state index is 0.347. The van der Waals surface area contributed by atoms with Gasteiger partial charge in [-0.2, -0.15) is 0 Å². The third kappa shape index (κ3) is 11.3. The maximum Gasteiger partial charge on any atom is 0.0344 e. The van der Waals surface area contributed by atoms with Crippen molar-refractivity contribution in [3.8, 4) is 23.7 Å². The summed E-state index contributed by atoms with van der Waals surface area (Å²) in [6.07, 6.45) is 15.4. The lowest BCUT2D eigenvalue weighted by molar-refractivity contribution is 0.408. The predicted octanol–water partition coefficient (Wildman–Crippen LogP) is 9.04. The highest BCUT2D eigenvalue weighted by molar-refractivity contribution is 5.37. The van der Waals surface area contributed by atoms with E-state index < -0.39 is 0 Å². The van der Waals surface area contributed by atoms with Gasteiger partial charge in [0.25, 0.3) is 0 Å². The Morgan fingerprint density at radius 1 is 0.500 bits per heavy atom. The first-order chi connectivity index (χ1) is 15.8. The van der Waals surface area contributed by atoms with Crippen molar-refractivity contribution in [2.75, 3.05) is 0 Å². The standard InChI is InChI=1S/C32H42/c1-3-5-7-9-17-23-31(27-25-29-19-13-11-14-20-29)32(24-18-10-8-6-4-2)28-26-30-21-15-12-16-22-30/h11-16,19-22,31-32H,3-10,17-18,23-24H2,1-2H3. The summed E-state index contributed by atoms with van der Waals surface area (Å²) < 4.78 is 0. The van der Waals surface area contributed by atoms with E-state index in [1.54, 1.807) is 0 Å². The first-order valence-electron chi connectivity index (χ1n) is 13.0. The van der Waals surface area contributed by atoms with Crippen LogP contribution in [0.2, 0.25) is 0 Å². The minimum atomic E-state index is 0.347. The van der Waals surface area contributed by atoms with E-state index >= 15 is 0 Å². The summed E-state index contributed by atoms with van der Waals surface area (Å²) in [4.78, 5) is 0. The molecule has 2 aromatic rings. The van der Waals surface area contributed by atoms with Gasteiger partial charge in [-0.15, -0.1) is 0 Å². The Balaban J connectivity index is 2.16. The number of hydrogen-bond donors (Lipinski definition) is 0. The van der Waals surface area contributed by atoms with Gasteiger partial charge in [-0.05, 0) is 37.1 Å². The average molecular weight is 427 g/mol. The maximum atomic E-state index is 3.66. The highest BCUT2D eigenvalue weighted by atomic mass is 14.2. The van der Waals surface area contributed by atoms with E-state index in [0.717, 1.165) is 24.0 Å². The fourth-order valence-electron chi connectivity index (χ4n) is 4.08. The van der Waals surface area contributed by atoms with Crippen LogP contribution >= 0.6 is 0 Å². The van der Waals surface area contributed by atoms with E-state index in [1.807, 2.05) is 0 Å². The first kappa shape index (κ1) is 25.8. The van der Waals surface area contributed by atoms with Crippen LogP contribution < -0.4 is 0 Å². The Bertz CT molecular complexity index is 752. The summed E-state index contributed by atoms with van der Waals surface area (Å²) in [7, 11) is 0. The Morgan fingerprint density at radius 3 is 1.25 bits per heavy atom. The molecule has 0 saturated heterocycles. The molecule has 2 aromatic carbocycles. The lowest BCUT2D eigenvalue weighted by atomic mass is 9.84. The van der Waals surface area contributed by atoms with Crippen molar-refractivity contribution in [3.63, 3.8) is 0 Å². The lowest BCUT2D eigenvalue weighted by Gasteiger charge is -2.19. The molecule has 0 amide bonds. The van der Waals surface area contributed by atoms with Crippen LogP contribution in [0.25, 0.3) is 0 Å². The molecule has 2 unspecified atom stereocenters. The zero-order chi connectivity index (χ0) is 22.7. The Labute approximate surface area is 198 Å². The van der Waals surface area contributed by atoms with E-state index in [4.69, 9.17) is 0 Å². The SMILES string of the molecule is CCCCCCCC(C#Cc1ccccc1)C(C#Cc1ccccc1)CCCCCCC. The molecule has 0 fully saturated rings. The Hall–Kier alpha value is -2.44. The number of hydrogen-bond acceptors (Lipinski definition) is 0. The molecule has 0 aliphatic heterocycles. The molecule has 0 radical (unpaired) electrons. The van der Waals surface area contributed by atoms with E-state index in [0.29, 0.717) is 11.8 Å². The third-order valence-corrected chi connectivity index (χ3v) is 6.07. The molecule has 2 atom stereocenters.